The van der Waals surface area contributed by atoms with Crippen LogP contribution in [0.25, 0.3) is 10.9 Å². The lowest BCUT2D eigenvalue weighted by Crippen LogP contribution is -2.28. The lowest BCUT2D eigenvalue weighted by Gasteiger charge is -2.15. The first-order valence-electron chi connectivity index (χ1n) is 8.13. The predicted octanol–water partition coefficient (Wildman–Crippen LogP) is 2.54. The summed E-state index contributed by atoms with van der Waals surface area (Å²) in [6, 6.07) is 7.66. The molecule has 1 amide bonds. The van der Waals surface area contributed by atoms with Gasteiger partial charge in [-0.2, -0.15) is 0 Å². The molecule has 0 saturated carbocycles. The Morgan fingerprint density at radius 2 is 2.17 bits per heavy atom. The Bertz CT molecular complexity index is 898. The Labute approximate surface area is 144 Å². The molecule has 1 aliphatic heterocycles. The van der Waals surface area contributed by atoms with E-state index in [1.807, 2.05) is 35.0 Å². The molecule has 1 N–H and O–H groups in total. The second-order valence-electron chi connectivity index (χ2n) is 6.06. The van der Waals surface area contributed by atoms with Gasteiger partial charge in [0.25, 0.3) is 0 Å². The summed E-state index contributed by atoms with van der Waals surface area (Å²) in [5.74, 6) is 1.80. The number of hydrogen-bond acceptors (Lipinski definition) is 3. The number of benzene rings is 1. The van der Waals surface area contributed by atoms with Gasteiger partial charge in [0.1, 0.15) is 12.4 Å². The van der Waals surface area contributed by atoms with E-state index in [1.54, 1.807) is 0 Å². The van der Waals surface area contributed by atoms with Gasteiger partial charge in [0.2, 0.25) is 5.91 Å². The Morgan fingerprint density at radius 1 is 1.25 bits per heavy atom. The van der Waals surface area contributed by atoms with Crippen molar-refractivity contribution in [2.75, 3.05) is 0 Å². The number of nitrogens with zero attached hydrogens (tertiary/aromatic N) is 4. The summed E-state index contributed by atoms with van der Waals surface area (Å²) in [5, 5.41) is 13.1. The van der Waals surface area contributed by atoms with Gasteiger partial charge in [-0.3, -0.25) is 4.79 Å². The van der Waals surface area contributed by atoms with E-state index in [-0.39, 0.29) is 12.5 Å². The number of aryl methyl sites for hydroxylation is 1. The molecule has 2 aromatic heterocycles. The fourth-order valence-corrected chi connectivity index (χ4v) is 3.35. The number of rotatable bonds is 4. The van der Waals surface area contributed by atoms with Gasteiger partial charge in [0, 0.05) is 29.7 Å². The van der Waals surface area contributed by atoms with Crippen molar-refractivity contribution in [3.8, 4) is 0 Å². The van der Waals surface area contributed by atoms with Gasteiger partial charge in [-0.25, -0.2) is 0 Å². The van der Waals surface area contributed by atoms with Crippen LogP contribution in [0.4, 0.5) is 0 Å². The Kier molecular flexibility index (Phi) is 3.98. The first-order chi connectivity index (χ1) is 11.7. The van der Waals surface area contributed by atoms with Crippen LogP contribution in [-0.2, 0) is 30.8 Å². The van der Waals surface area contributed by atoms with Crippen molar-refractivity contribution in [1.82, 2.24) is 24.6 Å². The van der Waals surface area contributed by atoms with E-state index < -0.39 is 0 Å². The van der Waals surface area contributed by atoms with E-state index in [9.17, 15) is 4.79 Å². The Hall–Kier alpha value is -2.34. The second kappa shape index (κ2) is 6.28. The molecular weight excluding hydrogens is 326 g/mol. The molecule has 124 valence electrons. The maximum atomic E-state index is 12.3. The van der Waals surface area contributed by atoms with Crippen LogP contribution in [0.15, 0.2) is 30.5 Å². The quantitative estimate of drug-likeness (QED) is 0.791. The zero-order valence-corrected chi connectivity index (χ0v) is 14.0. The minimum Gasteiger partial charge on any atom is -0.347 e. The van der Waals surface area contributed by atoms with Crippen LogP contribution in [0.2, 0.25) is 5.02 Å². The third kappa shape index (κ3) is 2.89. The fraction of sp³-hybridized carbons (Fsp3) is 0.353. The van der Waals surface area contributed by atoms with E-state index >= 15 is 0 Å². The molecule has 0 spiro atoms. The van der Waals surface area contributed by atoms with Crippen molar-refractivity contribution in [3.63, 3.8) is 0 Å². The number of hydrogen-bond donors (Lipinski definition) is 1. The maximum Gasteiger partial charge on any atom is 0.240 e. The highest BCUT2D eigenvalue weighted by molar-refractivity contribution is 6.31. The molecule has 0 atom stereocenters. The maximum absolute atomic E-state index is 12.3. The van der Waals surface area contributed by atoms with Gasteiger partial charge in [0.05, 0.1) is 6.54 Å². The number of halogens is 1. The molecular formula is C17H18ClN5O. The molecule has 3 heterocycles. The highest BCUT2D eigenvalue weighted by Gasteiger charge is 2.16. The summed E-state index contributed by atoms with van der Waals surface area (Å²) in [5.41, 5.74) is 0.956. The third-order valence-electron chi connectivity index (χ3n) is 4.43. The summed E-state index contributed by atoms with van der Waals surface area (Å²) >= 11 is 6.05. The topological polar surface area (TPSA) is 64.7 Å². The molecule has 24 heavy (non-hydrogen) atoms. The van der Waals surface area contributed by atoms with E-state index in [0.717, 1.165) is 48.4 Å². The van der Waals surface area contributed by atoms with Gasteiger partial charge in [-0.15, -0.1) is 10.2 Å². The highest BCUT2D eigenvalue weighted by Crippen LogP contribution is 2.20. The minimum atomic E-state index is -0.0550. The molecule has 1 aromatic carbocycles. The number of amides is 1. The van der Waals surface area contributed by atoms with E-state index in [1.165, 1.54) is 0 Å². The van der Waals surface area contributed by atoms with Crippen LogP contribution in [-0.4, -0.2) is 25.2 Å². The minimum absolute atomic E-state index is 0.0550. The summed E-state index contributed by atoms with van der Waals surface area (Å²) in [7, 11) is 0. The number of carbonyl (C=O) groups is 1. The predicted molar refractivity (Wildman–Crippen MR) is 91.8 cm³/mol. The standard InChI is InChI=1S/C17H18ClN5O/c18-13-5-4-12-6-8-22(14(12)9-13)11-17(24)19-10-16-21-20-15-3-1-2-7-23(15)16/h4-6,8-9H,1-3,7,10-11H2,(H,19,24). The monoisotopic (exact) mass is 343 g/mol. The van der Waals surface area contributed by atoms with Crippen LogP contribution in [0.1, 0.15) is 24.5 Å². The molecule has 0 aliphatic carbocycles. The summed E-state index contributed by atoms with van der Waals surface area (Å²) in [6.07, 6.45) is 5.17. The Balaban J connectivity index is 1.43. The van der Waals surface area contributed by atoms with Gasteiger partial charge < -0.3 is 14.5 Å². The first kappa shape index (κ1) is 15.2. The molecule has 0 saturated heterocycles. The highest BCUT2D eigenvalue weighted by atomic mass is 35.5. The largest absolute Gasteiger partial charge is 0.347 e. The van der Waals surface area contributed by atoms with Crippen LogP contribution in [0.3, 0.4) is 0 Å². The van der Waals surface area contributed by atoms with E-state index in [2.05, 4.69) is 20.1 Å². The number of fused-ring (bicyclic) bond motifs is 2. The fourth-order valence-electron chi connectivity index (χ4n) is 3.18. The Morgan fingerprint density at radius 3 is 3.08 bits per heavy atom. The molecule has 0 unspecified atom stereocenters. The van der Waals surface area contributed by atoms with Crippen LogP contribution >= 0.6 is 11.6 Å². The molecule has 3 aromatic rings. The van der Waals surface area contributed by atoms with E-state index in [0.29, 0.717) is 11.6 Å². The van der Waals surface area contributed by atoms with Crippen molar-refractivity contribution < 1.29 is 4.79 Å². The lowest BCUT2D eigenvalue weighted by atomic mass is 10.2. The average molecular weight is 344 g/mol. The van der Waals surface area contributed by atoms with Crippen molar-refractivity contribution in [2.24, 2.45) is 0 Å². The third-order valence-corrected chi connectivity index (χ3v) is 4.66. The normalized spacial score (nSPS) is 13.9. The van der Waals surface area contributed by atoms with Crippen molar-refractivity contribution >= 4 is 28.4 Å². The molecule has 0 fully saturated rings. The SMILES string of the molecule is O=C(Cn1ccc2ccc(Cl)cc21)NCc1nnc2n1CCCC2. The van der Waals surface area contributed by atoms with Gasteiger partial charge >= 0.3 is 0 Å². The van der Waals surface area contributed by atoms with Crippen molar-refractivity contribution in [3.05, 3.63) is 47.1 Å². The van der Waals surface area contributed by atoms with Crippen LogP contribution < -0.4 is 5.32 Å². The number of nitrogens with one attached hydrogen (secondary N) is 1. The summed E-state index contributed by atoms with van der Waals surface area (Å²) in [6.45, 7) is 1.60. The smallest absolute Gasteiger partial charge is 0.240 e. The summed E-state index contributed by atoms with van der Waals surface area (Å²) in [4.78, 5) is 12.3. The second-order valence-corrected chi connectivity index (χ2v) is 6.50. The summed E-state index contributed by atoms with van der Waals surface area (Å²) < 4.78 is 4.02. The van der Waals surface area contributed by atoms with Gasteiger partial charge in [-0.1, -0.05) is 17.7 Å². The van der Waals surface area contributed by atoms with Gasteiger partial charge in [-0.05, 0) is 36.4 Å². The molecule has 4 rings (SSSR count). The average Bonchev–Trinajstić information content (AvgIpc) is 3.17. The molecule has 6 nitrogen and oxygen atoms in total. The first-order valence-corrected chi connectivity index (χ1v) is 8.50. The lowest BCUT2D eigenvalue weighted by molar-refractivity contribution is -0.121. The molecule has 0 bridgehead atoms. The molecule has 7 heteroatoms. The van der Waals surface area contributed by atoms with Crippen molar-refractivity contribution in [2.45, 2.75) is 38.9 Å². The van der Waals surface area contributed by atoms with Crippen LogP contribution in [0, 0.1) is 0 Å². The number of aromatic nitrogens is 4. The molecule has 0 radical (unpaired) electrons. The zero-order valence-electron chi connectivity index (χ0n) is 13.2. The zero-order chi connectivity index (χ0) is 16.5. The molecule has 1 aliphatic rings. The van der Waals surface area contributed by atoms with Crippen molar-refractivity contribution in [1.29, 1.82) is 0 Å². The van der Waals surface area contributed by atoms with E-state index in [4.69, 9.17) is 11.6 Å². The number of carbonyl (C=O) groups excluding carboxylic acids is 1. The van der Waals surface area contributed by atoms with Gasteiger partial charge in [0.15, 0.2) is 5.82 Å². The van der Waals surface area contributed by atoms with Crippen LogP contribution in [0.5, 0.6) is 0 Å².